The second-order valence-electron chi connectivity index (χ2n) is 3.69. The van der Waals surface area contributed by atoms with Crippen molar-refractivity contribution < 1.29 is 13.5 Å². The van der Waals surface area contributed by atoms with E-state index in [1.54, 1.807) is 7.11 Å². The number of hydrogen-bond acceptors (Lipinski definition) is 2. The van der Waals surface area contributed by atoms with Crippen molar-refractivity contribution in [2.75, 3.05) is 25.6 Å². The molecule has 0 radical (unpaired) electrons. The van der Waals surface area contributed by atoms with Crippen LogP contribution in [0.2, 0.25) is 5.02 Å². The van der Waals surface area contributed by atoms with Gasteiger partial charge in [-0.25, -0.2) is 8.78 Å². The molecule has 16 heavy (non-hydrogen) atoms. The molecular formula is C11H14ClF2NO. The van der Waals surface area contributed by atoms with E-state index in [4.69, 9.17) is 16.3 Å². The quantitative estimate of drug-likeness (QED) is 0.865. The molecule has 0 saturated heterocycles. The van der Waals surface area contributed by atoms with E-state index in [0.717, 1.165) is 12.1 Å². The standard InChI is InChI=1S/C11H14ClF2NO/c1-7(6-16-2)5-15-11-9(12)3-8(13)4-10(11)14/h3-4,7,15H,5-6H2,1-2H3. The number of benzene rings is 1. The van der Waals surface area contributed by atoms with Gasteiger partial charge in [0.25, 0.3) is 0 Å². The fraction of sp³-hybridized carbons (Fsp3) is 0.455. The summed E-state index contributed by atoms with van der Waals surface area (Å²) in [6.07, 6.45) is 0. The molecule has 5 heteroatoms. The highest BCUT2D eigenvalue weighted by Crippen LogP contribution is 2.26. The molecule has 0 fully saturated rings. The number of nitrogens with one attached hydrogen (secondary N) is 1. The zero-order valence-corrected chi connectivity index (χ0v) is 9.94. The normalized spacial score (nSPS) is 12.6. The van der Waals surface area contributed by atoms with Gasteiger partial charge in [-0.1, -0.05) is 18.5 Å². The predicted octanol–water partition coefficient (Wildman–Crippen LogP) is 3.31. The van der Waals surface area contributed by atoms with Crippen LogP contribution >= 0.6 is 11.6 Å². The molecule has 0 bridgehead atoms. The SMILES string of the molecule is COCC(C)CNc1c(F)cc(F)cc1Cl. The van der Waals surface area contributed by atoms with Crippen LogP contribution < -0.4 is 5.32 Å². The molecule has 1 aromatic rings. The van der Waals surface area contributed by atoms with Gasteiger partial charge in [-0.15, -0.1) is 0 Å². The Morgan fingerprint density at radius 3 is 2.69 bits per heavy atom. The Morgan fingerprint density at radius 2 is 2.12 bits per heavy atom. The molecule has 1 N–H and O–H groups in total. The summed E-state index contributed by atoms with van der Waals surface area (Å²) in [6.45, 7) is 3.02. The summed E-state index contributed by atoms with van der Waals surface area (Å²) in [5.41, 5.74) is 0.131. The molecule has 1 unspecified atom stereocenters. The molecule has 0 heterocycles. The molecule has 0 aromatic heterocycles. The third kappa shape index (κ3) is 3.61. The van der Waals surface area contributed by atoms with E-state index in [9.17, 15) is 8.78 Å². The molecule has 0 aliphatic heterocycles. The number of methoxy groups -OCH3 is 1. The Kier molecular flexibility index (Phi) is 4.96. The van der Waals surface area contributed by atoms with Crippen molar-refractivity contribution in [3.63, 3.8) is 0 Å². The summed E-state index contributed by atoms with van der Waals surface area (Å²) in [4.78, 5) is 0. The third-order valence-electron chi connectivity index (χ3n) is 2.09. The van der Waals surface area contributed by atoms with Crippen LogP contribution in [-0.2, 0) is 4.74 Å². The first kappa shape index (κ1) is 13.2. The minimum atomic E-state index is -0.686. The summed E-state index contributed by atoms with van der Waals surface area (Å²) in [5.74, 6) is -1.15. The minimum absolute atomic E-state index is 0.0436. The van der Waals surface area contributed by atoms with Crippen LogP contribution in [0.15, 0.2) is 12.1 Å². The van der Waals surface area contributed by atoms with Crippen molar-refractivity contribution in [1.82, 2.24) is 0 Å². The highest BCUT2D eigenvalue weighted by atomic mass is 35.5. The summed E-state index contributed by atoms with van der Waals surface area (Å²) in [5, 5.41) is 2.88. The lowest BCUT2D eigenvalue weighted by atomic mass is 10.2. The maximum absolute atomic E-state index is 13.3. The first-order valence-corrected chi connectivity index (χ1v) is 5.29. The van der Waals surface area contributed by atoms with Gasteiger partial charge in [0.2, 0.25) is 0 Å². The topological polar surface area (TPSA) is 21.3 Å². The molecule has 0 aliphatic rings. The molecule has 0 aliphatic carbocycles. The van der Waals surface area contributed by atoms with Crippen LogP contribution in [0.25, 0.3) is 0 Å². The van der Waals surface area contributed by atoms with Gasteiger partial charge in [0.1, 0.15) is 5.82 Å². The highest BCUT2D eigenvalue weighted by molar-refractivity contribution is 6.33. The molecule has 0 saturated carbocycles. The van der Waals surface area contributed by atoms with E-state index in [0.29, 0.717) is 13.2 Å². The van der Waals surface area contributed by atoms with Crippen LogP contribution in [0.4, 0.5) is 14.5 Å². The van der Waals surface area contributed by atoms with E-state index in [1.807, 2.05) is 6.92 Å². The summed E-state index contributed by atoms with van der Waals surface area (Å²) in [7, 11) is 1.60. The molecule has 90 valence electrons. The Balaban J connectivity index is 2.67. The molecule has 1 aromatic carbocycles. The molecule has 0 amide bonds. The first-order valence-electron chi connectivity index (χ1n) is 4.92. The van der Waals surface area contributed by atoms with Crippen molar-refractivity contribution in [2.24, 2.45) is 5.92 Å². The van der Waals surface area contributed by atoms with E-state index < -0.39 is 11.6 Å². The van der Waals surface area contributed by atoms with Gasteiger partial charge in [0, 0.05) is 19.7 Å². The Bertz CT molecular complexity index is 337. The number of hydrogen-bond donors (Lipinski definition) is 1. The van der Waals surface area contributed by atoms with Gasteiger partial charge in [0.05, 0.1) is 17.3 Å². The zero-order chi connectivity index (χ0) is 12.1. The monoisotopic (exact) mass is 249 g/mol. The van der Waals surface area contributed by atoms with Crippen molar-refractivity contribution in [3.8, 4) is 0 Å². The number of anilines is 1. The van der Waals surface area contributed by atoms with Gasteiger partial charge in [0.15, 0.2) is 5.82 Å². The van der Waals surface area contributed by atoms with Gasteiger partial charge < -0.3 is 10.1 Å². The van der Waals surface area contributed by atoms with Crippen molar-refractivity contribution in [2.45, 2.75) is 6.92 Å². The molecule has 0 spiro atoms. The molecular weight excluding hydrogens is 236 g/mol. The average molecular weight is 250 g/mol. The van der Waals surface area contributed by atoms with Crippen LogP contribution in [-0.4, -0.2) is 20.3 Å². The van der Waals surface area contributed by atoms with Gasteiger partial charge in [-0.3, -0.25) is 0 Å². The maximum Gasteiger partial charge on any atom is 0.150 e. The van der Waals surface area contributed by atoms with Crippen molar-refractivity contribution >= 4 is 17.3 Å². The lowest BCUT2D eigenvalue weighted by molar-refractivity contribution is 0.164. The lowest BCUT2D eigenvalue weighted by Gasteiger charge is -2.14. The second kappa shape index (κ2) is 6.01. The number of ether oxygens (including phenoxy) is 1. The second-order valence-corrected chi connectivity index (χ2v) is 4.09. The van der Waals surface area contributed by atoms with Crippen LogP contribution in [0.1, 0.15) is 6.92 Å². The number of rotatable bonds is 5. The molecule has 1 atom stereocenters. The van der Waals surface area contributed by atoms with Gasteiger partial charge in [-0.05, 0) is 12.0 Å². The maximum atomic E-state index is 13.3. The Morgan fingerprint density at radius 1 is 1.44 bits per heavy atom. The van der Waals surface area contributed by atoms with E-state index in [-0.39, 0.29) is 16.6 Å². The van der Waals surface area contributed by atoms with E-state index >= 15 is 0 Å². The van der Waals surface area contributed by atoms with Gasteiger partial charge in [-0.2, -0.15) is 0 Å². The predicted molar refractivity (Wildman–Crippen MR) is 60.9 cm³/mol. The zero-order valence-electron chi connectivity index (χ0n) is 9.19. The average Bonchev–Trinajstić information content (AvgIpc) is 2.16. The number of halogens is 3. The van der Waals surface area contributed by atoms with Gasteiger partial charge >= 0.3 is 0 Å². The van der Waals surface area contributed by atoms with E-state index in [2.05, 4.69) is 5.32 Å². The molecule has 2 nitrogen and oxygen atoms in total. The van der Waals surface area contributed by atoms with Crippen molar-refractivity contribution in [3.05, 3.63) is 28.8 Å². The lowest BCUT2D eigenvalue weighted by Crippen LogP contribution is -2.16. The smallest absolute Gasteiger partial charge is 0.150 e. The Hall–Kier alpha value is -0.870. The third-order valence-corrected chi connectivity index (χ3v) is 2.38. The largest absolute Gasteiger partial charge is 0.384 e. The fourth-order valence-electron chi connectivity index (χ4n) is 1.33. The van der Waals surface area contributed by atoms with Crippen LogP contribution in [0.3, 0.4) is 0 Å². The summed E-state index contributed by atoms with van der Waals surface area (Å²) in [6, 6.07) is 1.88. The van der Waals surface area contributed by atoms with Crippen molar-refractivity contribution in [1.29, 1.82) is 0 Å². The molecule has 1 rings (SSSR count). The Labute approximate surface area is 98.6 Å². The highest BCUT2D eigenvalue weighted by Gasteiger charge is 2.10. The minimum Gasteiger partial charge on any atom is -0.384 e. The summed E-state index contributed by atoms with van der Waals surface area (Å²) >= 11 is 5.72. The summed E-state index contributed by atoms with van der Waals surface area (Å²) < 4.78 is 31.0. The van der Waals surface area contributed by atoms with E-state index in [1.165, 1.54) is 0 Å². The fourth-order valence-corrected chi connectivity index (χ4v) is 1.59. The first-order chi connectivity index (χ1) is 7.54. The van der Waals surface area contributed by atoms with Crippen LogP contribution in [0, 0.1) is 17.6 Å². The van der Waals surface area contributed by atoms with Crippen LogP contribution in [0.5, 0.6) is 0 Å².